The van der Waals surface area contributed by atoms with E-state index in [1.807, 2.05) is 0 Å². The van der Waals surface area contributed by atoms with Gasteiger partial charge in [0.2, 0.25) is 11.6 Å². The Labute approximate surface area is 167 Å². The second kappa shape index (κ2) is 9.49. The summed E-state index contributed by atoms with van der Waals surface area (Å²) in [5, 5.41) is 21.7. The topological polar surface area (TPSA) is 86.6 Å². The van der Waals surface area contributed by atoms with Gasteiger partial charge in [0, 0.05) is 5.70 Å². The lowest BCUT2D eigenvalue weighted by molar-refractivity contribution is -0.132. The Balaban J connectivity index is 2.63. The molecule has 2 aromatic rings. The summed E-state index contributed by atoms with van der Waals surface area (Å²) >= 11 is 0. The van der Waals surface area contributed by atoms with Gasteiger partial charge in [-0.05, 0) is 12.0 Å². The summed E-state index contributed by atoms with van der Waals surface area (Å²) in [6.45, 7) is 0.855. The summed E-state index contributed by atoms with van der Waals surface area (Å²) in [6, 6.07) is 7.23. The average molecular weight is 429 g/mol. The molecule has 0 bridgehead atoms. The van der Waals surface area contributed by atoms with E-state index in [1.165, 1.54) is 6.92 Å². The van der Waals surface area contributed by atoms with E-state index in [4.69, 9.17) is 0 Å². The lowest BCUT2D eigenvalue weighted by Gasteiger charge is -2.21. The van der Waals surface area contributed by atoms with Crippen LogP contribution in [0.15, 0.2) is 41.6 Å². The maximum atomic E-state index is 14.0. The lowest BCUT2D eigenvalue weighted by Crippen LogP contribution is -2.29. The Morgan fingerprint density at radius 3 is 1.87 bits per heavy atom. The smallest absolute Gasteiger partial charge is 0.341 e. The van der Waals surface area contributed by atoms with Crippen LogP contribution in [0.1, 0.15) is 35.3 Å². The number of Topliss-reactive ketones (excluding diaryl/α,β-unsaturated/α-hetero) is 1. The van der Waals surface area contributed by atoms with Crippen molar-refractivity contribution in [1.82, 2.24) is 5.32 Å². The van der Waals surface area contributed by atoms with Crippen LogP contribution in [0.4, 0.5) is 22.0 Å². The van der Waals surface area contributed by atoms with Gasteiger partial charge in [0.15, 0.2) is 23.3 Å². The predicted octanol–water partition coefficient (Wildman–Crippen LogP) is 3.64. The molecule has 3 N–H and O–H groups in total. The third-order valence-corrected chi connectivity index (χ3v) is 4.27. The molecule has 0 spiro atoms. The van der Waals surface area contributed by atoms with Crippen LogP contribution in [-0.4, -0.2) is 28.6 Å². The minimum absolute atomic E-state index is 0.188. The minimum Gasteiger partial charge on any atom is -0.477 e. The fourth-order valence-corrected chi connectivity index (χ4v) is 2.77. The molecule has 30 heavy (non-hydrogen) atoms. The van der Waals surface area contributed by atoms with Crippen molar-refractivity contribution < 1.29 is 41.8 Å². The molecule has 0 radical (unpaired) electrons. The molecule has 5 nitrogen and oxygen atoms in total. The number of aliphatic hydroxyl groups excluding tert-OH is 1. The van der Waals surface area contributed by atoms with Crippen molar-refractivity contribution in [3.8, 4) is 0 Å². The van der Waals surface area contributed by atoms with E-state index in [9.17, 15) is 41.8 Å². The number of aliphatic carboxylic acids is 1. The van der Waals surface area contributed by atoms with Crippen LogP contribution < -0.4 is 5.32 Å². The highest BCUT2D eigenvalue weighted by molar-refractivity contribution is 6.24. The fraction of sp³-hybridized carbons (Fsp3) is 0.200. The van der Waals surface area contributed by atoms with Crippen LogP contribution in [0.3, 0.4) is 0 Å². The van der Waals surface area contributed by atoms with E-state index in [0.717, 1.165) is 0 Å². The van der Waals surface area contributed by atoms with Crippen LogP contribution >= 0.6 is 0 Å². The highest BCUT2D eigenvalue weighted by Gasteiger charge is 2.34. The Kier molecular flexibility index (Phi) is 7.28. The second-order valence-corrected chi connectivity index (χ2v) is 6.08. The number of carboxylic acid groups (broad SMARTS) is 1. The number of aliphatic hydroxyl groups is 1. The maximum Gasteiger partial charge on any atom is 0.341 e. The first-order valence-electron chi connectivity index (χ1n) is 8.60. The molecule has 0 amide bonds. The van der Waals surface area contributed by atoms with Crippen molar-refractivity contribution in [3.05, 3.63) is 81.8 Å². The Morgan fingerprint density at radius 1 is 0.933 bits per heavy atom. The van der Waals surface area contributed by atoms with E-state index < -0.39 is 64.6 Å². The molecule has 0 aliphatic carbocycles. The van der Waals surface area contributed by atoms with Gasteiger partial charge < -0.3 is 15.5 Å². The van der Waals surface area contributed by atoms with Gasteiger partial charge in [-0.2, -0.15) is 0 Å². The number of ketones is 1. The SMILES string of the molecule is CCC(N[C@@H](CO)c1ccccc1)=C(C(=O)O)C(=O)c1c(F)c(F)c(F)c(F)c1F. The van der Waals surface area contributed by atoms with E-state index in [-0.39, 0.29) is 12.1 Å². The normalized spacial score (nSPS) is 12.9. The van der Waals surface area contributed by atoms with E-state index in [0.29, 0.717) is 5.56 Å². The molecule has 0 aromatic heterocycles. The first kappa shape index (κ1) is 23.0. The molecular weight excluding hydrogens is 413 g/mol. The summed E-state index contributed by atoms with van der Waals surface area (Å²) < 4.78 is 68.2. The van der Waals surface area contributed by atoms with E-state index in [2.05, 4.69) is 5.32 Å². The van der Waals surface area contributed by atoms with Crippen LogP contribution in [0.25, 0.3) is 0 Å². The number of carbonyl (C=O) groups excluding carboxylic acids is 1. The standard InChI is InChI=1S/C20H16F5NO4/c1-2-10(26-11(8-27)9-6-4-3-5-7-9)12(20(29)30)19(28)13-14(21)16(23)18(25)17(24)15(13)22/h3-7,11,26-27H,2,8H2,1H3,(H,29,30)/t11-/m0/s1. The zero-order chi connectivity index (χ0) is 22.6. The fourth-order valence-electron chi connectivity index (χ4n) is 2.77. The van der Waals surface area contributed by atoms with Crippen LogP contribution in [0.2, 0.25) is 0 Å². The largest absolute Gasteiger partial charge is 0.477 e. The van der Waals surface area contributed by atoms with Crippen LogP contribution in [0, 0.1) is 29.1 Å². The van der Waals surface area contributed by atoms with Crippen molar-refractivity contribution in [2.75, 3.05) is 6.61 Å². The number of hydrogen-bond donors (Lipinski definition) is 3. The van der Waals surface area contributed by atoms with Gasteiger partial charge in [-0.25, -0.2) is 26.7 Å². The molecule has 2 rings (SSSR count). The third kappa shape index (κ3) is 4.33. The number of hydrogen-bond acceptors (Lipinski definition) is 4. The van der Waals surface area contributed by atoms with Crippen molar-refractivity contribution >= 4 is 11.8 Å². The molecule has 0 aliphatic heterocycles. The number of benzene rings is 2. The average Bonchev–Trinajstić information content (AvgIpc) is 2.74. The molecule has 0 fully saturated rings. The first-order chi connectivity index (χ1) is 14.1. The lowest BCUT2D eigenvalue weighted by atomic mass is 9.97. The Hall–Kier alpha value is -3.27. The summed E-state index contributed by atoms with van der Waals surface area (Å²) in [5.74, 6) is -15.9. The minimum atomic E-state index is -2.47. The summed E-state index contributed by atoms with van der Waals surface area (Å²) in [5.41, 5.74) is -2.95. The van der Waals surface area contributed by atoms with E-state index >= 15 is 0 Å². The molecule has 0 aliphatic rings. The highest BCUT2D eigenvalue weighted by atomic mass is 19.2. The number of rotatable bonds is 8. The second-order valence-electron chi connectivity index (χ2n) is 6.08. The molecule has 2 aromatic carbocycles. The van der Waals surface area contributed by atoms with Crippen molar-refractivity contribution in [2.45, 2.75) is 19.4 Å². The number of nitrogens with one attached hydrogen (secondary N) is 1. The number of halogens is 5. The monoisotopic (exact) mass is 429 g/mol. The first-order valence-corrected chi connectivity index (χ1v) is 8.60. The highest BCUT2D eigenvalue weighted by Crippen LogP contribution is 2.27. The molecule has 1 atom stereocenters. The predicted molar refractivity (Wildman–Crippen MR) is 94.9 cm³/mol. The van der Waals surface area contributed by atoms with Gasteiger partial charge in [-0.1, -0.05) is 37.3 Å². The molecule has 10 heteroatoms. The van der Waals surface area contributed by atoms with Gasteiger partial charge >= 0.3 is 5.97 Å². The van der Waals surface area contributed by atoms with Gasteiger partial charge in [0.25, 0.3) is 0 Å². The van der Waals surface area contributed by atoms with Gasteiger partial charge in [0.05, 0.1) is 12.6 Å². The summed E-state index contributed by atoms with van der Waals surface area (Å²) in [7, 11) is 0. The molecule has 0 saturated heterocycles. The van der Waals surface area contributed by atoms with Crippen molar-refractivity contribution in [1.29, 1.82) is 0 Å². The number of allylic oxidation sites excluding steroid dienone is 1. The number of carboxylic acids is 1. The maximum absolute atomic E-state index is 14.0. The zero-order valence-electron chi connectivity index (χ0n) is 15.5. The molecular formula is C20H16F5NO4. The Morgan fingerprint density at radius 2 is 1.43 bits per heavy atom. The summed E-state index contributed by atoms with van der Waals surface area (Å²) in [4.78, 5) is 24.3. The van der Waals surface area contributed by atoms with E-state index in [1.54, 1.807) is 30.3 Å². The van der Waals surface area contributed by atoms with Gasteiger partial charge in [-0.3, -0.25) is 4.79 Å². The zero-order valence-corrected chi connectivity index (χ0v) is 15.5. The van der Waals surface area contributed by atoms with Crippen LogP contribution in [0.5, 0.6) is 0 Å². The third-order valence-electron chi connectivity index (χ3n) is 4.27. The molecule has 0 heterocycles. The molecule has 0 unspecified atom stereocenters. The van der Waals surface area contributed by atoms with Crippen LogP contribution in [-0.2, 0) is 4.79 Å². The van der Waals surface area contributed by atoms with Gasteiger partial charge in [-0.15, -0.1) is 0 Å². The number of carbonyl (C=O) groups is 2. The molecule has 160 valence electrons. The Bertz CT molecular complexity index is 979. The quantitative estimate of drug-likeness (QED) is 0.114. The van der Waals surface area contributed by atoms with Gasteiger partial charge in [0.1, 0.15) is 11.1 Å². The summed E-state index contributed by atoms with van der Waals surface area (Å²) in [6.07, 6.45) is -0.188. The molecule has 0 saturated carbocycles. The van der Waals surface area contributed by atoms with Crippen molar-refractivity contribution in [3.63, 3.8) is 0 Å². The van der Waals surface area contributed by atoms with Crippen molar-refractivity contribution in [2.24, 2.45) is 0 Å².